The van der Waals surface area contributed by atoms with Gasteiger partial charge >= 0.3 is 0 Å². The summed E-state index contributed by atoms with van der Waals surface area (Å²) in [4.78, 5) is 0. The van der Waals surface area contributed by atoms with E-state index in [1.54, 1.807) is 18.2 Å². The average molecular weight is 481 g/mol. The first-order valence-electron chi connectivity index (χ1n) is 11.6. The number of rotatable bonds is 10. The Balaban J connectivity index is 1.47. The highest BCUT2D eigenvalue weighted by molar-refractivity contribution is 7.92. The lowest BCUT2D eigenvalue weighted by molar-refractivity contribution is 0.155. The van der Waals surface area contributed by atoms with Gasteiger partial charge in [-0.3, -0.25) is 4.72 Å². The number of fused-ring (bicyclic) bond motifs is 1. The van der Waals surface area contributed by atoms with Gasteiger partial charge in [-0.2, -0.15) is 0 Å². The van der Waals surface area contributed by atoms with Crippen molar-refractivity contribution >= 4 is 15.7 Å². The van der Waals surface area contributed by atoms with Gasteiger partial charge in [0.25, 0.3) is 0 Å². The van der Waals surface area contributed by atoms with Gasteiger partial charge in [-0.05, 0) is 53.6 Å². The molecule has 1 atom stereocenters. The normalized spacial score (nSPS) is 15.5. The summed E-state index contributed by atoms with van der Waals surface area (Å²) in [5, 5.41) is 14.5. The van der Waals surface area contributed by atoms with E-state index in [4.69, 9.17) is 4.74 Å². The SMILES string of the molecule is CCC1(NCC(O)c2ccc(OCc3ccccc3)c(NS(C)(=O)=O)c2)Cc2ccccc2C1. The van der Waals surface area contributed by atoms with E-state index < -0.39 is 16.1 Å². The van der Waals surface area contributed by atoms with Gasteiger partial charge in [0.1, 0.15) is 12.4 Å². The first kappa shape index (κ1) is 24.3. The fourth-order valence-corrected chi connectivity index (χ4v) is 5.08. The van der Waals surface area contributed by atoms with Gasteiger partial charge < -0.3 is 15.2 Å². The zero-order valence-electron chi connectivity index (χ0n) is 19.6. The van der Waals surface area contributed by atoms with Gasteiger partial charge in [0, 0.05) is 12.1 Å². The minimum atomic E-state index is -3.52. The topological polar surface area (TPSA) is 87.7 Å². The Hall–Kier alpha value is -2.87. The molecule has 1 aliphatic carbocycles. The van der Waals surface area contributed by atoms with Crippen LogP contribution in [-0.2, 0) is 29.5 Å². The van der Waals surface area contributed by atoms with Crippen molar-refractivity contribution < 1.29 is 18.3 Å². The van der Waals surface area contributed by atoms with Crippen molar-refractivity contribution in [2.24, 2.45) is 0 Å². The molecule has 1 unspecified atom stereocenters. The number of β-amino-alcohol motifs (C(OH)–C–C–N with tert-alkyl or cyclic N) is 1. The zero-order chi connectivity index (χ0) is 24.2. The summed E-state index contributed by atoms with van der Waals surface area (Å²) in [7, 11) is -3.52. The molecule has 0 aliphatic heterocycles. The quantitative estimate of drug-likeness (QED) is 0.405. The molecule has 180 valence electrons. The fourth-order valence-electron chi connectivity index (χ4n) is 4.52. The van der Waals surface area contributed by atoms with Crippen LogP contribution in [0.2, 0.25) is 0 Å². The summed E-state index contributed by atoms with van der Waals surface area (Å²) in [5.74, 6) is 0.412. The summed E-state index contributed by atoms with van der Waals surface area (Å²) in [6, 6.07) is 23.3. The molecule has 3 aromatic rings. The molecular formula is C27H32N2O4S. The predicted octanol–water partition coefficient (Wildman–Crippen LogP) is 4.21. The van der Waals surface area contributed by atoms with Crippen LogP contribution < -0.4 is 14.8 Å². The van der Waals surface area contributed by atoms with E-state index in [9.17, 15) is 13.5 Å². The second-order valence-corrected chi connectivity index (χ2v) is 10.8. The number of hydrogen-bond donors (Lipinski definition) is 3. The monoisotopic (exact) mass is 480 g/mol. The Kier molecular flexibility index (Phi) is 7.26. The molecule has 0 radical (unpaired) electrons. The number of ether oxygens (including phenoxy) is 1. The Labute approximate surface area is 202 Å². The molecule has 34 heavy (non-hydrogen) atoms. The minimum absolute atomic E-state index is 0.0861. The highest BCUT2D eigenvalue weighted by Gasteiger charge is 2.35. The lowest BCUT2D eigenvalue weighted by Crippen LogP contribution is -2.47. The highest BCUT2D eigenvalue weighted by atomic mass is 32.2. The molecule has 0 fully saturated rings. The van der Waals surface area contributed by atoms with E-state index in [-0.39, 0.29) is 5.54 Å². The smallest absolute Gasteiger partial charge is 0.229 e. The summed E-state index contributed by atoms with van der Waals surface area (Å²) in [6.45, 7) is 2.84. The second-order valence-electron chi connectivity index (χ2n) is 9.06. The zero-order valence-corrected chi connectivity index (χ0v) is 20.4. The number of nitrogens with one attached hydrogen (secondary N) is 2. The number of anilines is 1. The van der Waals surface area contributed by atoms with Crippen LogP contribution in [0.15, 0.2) is 72.8 Å². The molecule has 3 aromatic carbocycles. The van der Waals surface area contributed by atoms with Crippen molar-refractivity contribution in [1.29, 1.82) is 0 Å². The van der Waals surface area contributed by atoms with Gasteiger partial charge in [-0.25, -0.2) is 8.42 Å². The van der Waals surface area contributed by atoms with Crippen molar-refractivity contribution in [3.05, 3.63) is 95.1 Å². The van der Waals surface area contributed by atoms with E-state index >= 15 is 0 Å². The maximum absolute atomic E-state index is 12.0. The molecule has 7 heteroatoms. The van der Waals surface area contributed by atoms with Crippen LogP contribution in [0.25, 0.3) is 0 Å². The van der Waals surface area contributed by atoms with Crippen LogP contribution in [0, 0.1) is 0 Å². The lowest BCUT2D eigenvalue weighted by atomic mass is 9.92. The maximum Gasteiger partial charge on any atom is 0.229 e. The number of benzene rings is 3. The average Bonchev–Trinajstić information content (AvgIpc) is 3.20. The van der Waals surface area contributed by atoms with Crippen LogP contribution in [-0.4, -0.2) is 31.9 Å². The lowest BCUT2D eigenvalue weighted by Gasteiger charge is -2.30. The van der Waals surface area contributed by atoms with Crippen LogP contribution in [0.4, 0.5) is 5.69 Å². The molecule has 0 saturated heterocycles. The Bertz CT molecular complexity index is 1200. The van der Waals surface area contributed by atoms with Crippen LogP contribution in [0.3, 0.4) is 0 Å². The molecule has 0 bridgehead atoms. The van der Waals surface area contributed by atoms with E-state index in [2.05, 4.69) is 41.2 Å². The molecule has 0 spiro atoms. The maximum atomic E-state index is 12.0. The van der Waals surface area contributed by atoms with E-state index in [0.29, 0.717) is 30.2 Å². The second kappa shape index (κ2) is 10.2. The van der Waals surface area contributed by atoms with E-state index in [0.717, 1.165) is 31.1 Å². The molecule has 0 amide bonds. The fraction of sp³-hybridized carbons (Fsp3) is 0.333. The molecule has 6 nitrogen and oxygen atoms in total. The summed E-state index contributed by atoms with van der Waals surface area (Å²) < 4.78 is 32.3. The van der Waals surface area contributed by atoms with Crippen LogP contribution in [0.1, 0.15) is 41.7 Å². The molecule has 0 saturated carbocycles. The van der Waals surface area contributed by atoms with Gasteiger partial charge in [0.15, 0.2) is 0 Å². The van der Waals surface area contributed by atoms with Crippen molar-refractivity contribution in [1.82, 2.24) is 5.32 Å². The molecule has 0 aromatic heterocycles. The minimum Gasteiger partial charge on any atom is -0.487 e. The van der Waals surface area contributed by atoms with Crippen molar-refractivity contribution in [2.75, 3.05) is 17.5 Å². The standard InChI is InChI=1S/C27H32N2O4S/c1-3-27(16-22-11-7-8-12-23(22)17-27)28-18-25(30)21-13-14-26(24(15-21)29-34(2,31)32)33-19-20-9-5-4-6-10-20/h4-15,25,28-30H,3,16-19H2,1-2H3. The Morgan fingerprint density at radius 1 is 1.00 bits per heavy atom. The van der Waals surface area contributed by atoms with Crippen molar-refractivity contribution in [2.45, 2.75) is 44.4 Å². The van der Waals surface area contributed by atoms with E-state index in [1.807, 2.05) is 30.3 Å². The molecule has 3 N–H and O–H groups in total. The molecule has 4 rings (SSSR count). The molecule has 1 aliphatic rings. The van der Waals surface area contributed by atoms with Gasteiger partial charge in [0.05, 0.1) is 18.0 Å². The Morgan fingerprint density at radius 3 is 2.26 bits per heavy atom. The van der Waals surface area contributed by atoms with Crippen LogP contribution in [0.5, 0.6) is 5.75 Å². The van der Waals surface area contributed by atoms with Crippen molar-refractivity contribution in [3.8, 4) is 5.75 Å². The summed E-state index contributed by atoms with van der Waals surface area (Å²) >= 11 is 0. The van der Waals surface area contributed by atoms with Crippen LogP contribution >= 0.6 is 0 Å². The third kappa shape index (κ3) is 5.97. The Morgan fingerprint density at radius 2 is 1.65 bits per heavy atom. The van der Waals surface area contributed by atoms with Crippen molar-refractivity contribution in [3.63, 3.8) is 0 Å². The number of aliphatic hydroxyl groups excluding tert-OH is 1. The number of hydrogen-bond acceptors (Lipinski definition) is 5. The number of sulfonamides is 1. The third-order valence-corrected chi connectivity index (χ3v) is 7.03. The van der Waals surface area contributed by atoms with E-state index in [1.165, 1.54) is 11.1 Å². The largest absolute Gasteiger partial charge is 0.487 e. The predicted molar refractivity (Wildman–Crippen MR) is 136 cm³/mol. The molecule has 0 heterocycles. The summed E-state index contributed by atoms with van der Waals surface area (Å²) in [5.41, 5.74) is 4.53. The first-order valence-corrected chi connectivity index (χ1v) is 13.4. The van der Waals surface area contributed by atoms with Gasteiger partial charge in [-0.15, -0.1) is 0 Å². The number of aliphatic hydroxyl groups is 1. The molecular weight excluding hydrogens is 448 g/mol. The van der Waals surface area contributed by atoms with Gasteiger partial charge in [0.2, 0.25) is 10.0 Å². The summed E-state index contributed by atoms with van der Waals surface area (Å²) in [6.07, 6.45) is 3.11. The highest BCUT2D eigenvalue weighted by Crippen LogP contribution is 2.34. The van der Waals surface area contributed by atoms with Gasteiger partial charge in [-0.1, -0.05) is 67.6 Å². The first-order chi connectivity index (χ1) is 16.3. The third-order valence-electron chi connectivity index (χ3n) is 6.44.